The number of halogens is 2. The van der Waals surface area contributed by atoms with Crippen molar-refractivity contribution in [1.82, 2.24) is 5.32 Å². The lowest BCUT2D eigenvalue weighted by Crippen LogP contribution is -2.18. The first-order valence-corrected chi connectivity index (χ1v) is 3.41. The molecule has 0 saturated heterocycles. The smallest absolute Gasteiger partial charge is 0.251 e. The summed E-state index contributed by atoms with van der Waals surface area (Å²) in [6.45, 7) is 0. The molecule has 0 saturated carbocycles. The van der Waals surface area contributed by atoms with Crippen LogP contribution in [0.15, 0.2) is 18.2 Å². The van der Waals surface area contributed by atoms with E-state index in [1.165, 1.54) is 13.1 Å². The van der Waals surface area contributed by atoms with E-state index in [1.54, 1.807) is 0 Å². The number of hydrogen-bond donors (Lipinski definition) is 2. The van der Waals surface area contributed by atoms with Gasteiger partial charge in [0.15, 0.2) is 0 Å². The molecule has 3 N–H and O–H groups in total. The van der Waals surface area contributed by atoms with Gasteiger partial charge in [-0.05, 0) is 18.2 Å². The highest BCUT2D eigenvalue weighted by atomic mass is 35.5. The SMILES string of the molecule is CNC(=O)c1cc(N)cc(F)c1.Cl. The Balaban J connectivity index is 0.00000144. The third-order valence-corrected chi connectivity index (χ3v) is 1.41. The molecule has 0 spiro atoms. The minimum atomic E-state index is -0.506. The molecule has 1 rings (SSSR count). The number of nitrogen functional groups attached to an aromatic ring is 1. The van der Waals surface area contributed by atoms with Crippen LogP contribution in [0.2, 0.25) is 0 Å². The summed E-state index contributed by atoms with van der Waals surface area (Å²) in [7, 11) is 1.48. The Morgan fingerprint density at radius 3 is 2.54 bits per heavy atom. The van der Waals surface area contributed by atoms with E-state index in [9.17, 15) is 9.18 Å². The van der Waals surface area contributed by atoms with Crippen molar-refractivity contribution in [2.75, 3.05) is 12.8 Å². The summed E-state index contributed by atoms with van der Waals surface area (Å²) in [5.74, 6) is -0.852. The number of benzene rings is 1. The monoisotopic (exact) mass is 204 g/mol. The molecular formula is C8H10ClFN2O. The van der Waals surface area contributed by atoms with E-state index in [4.69, 9.17) is 5.73 Å². The van der Waals surface area contributed by atoms with Crippen LogP contribution in [0.1, 0.15) is 10.4 Å². The Morgan fingerprint density at radius 2 is 2.08 bits per heavy atom. The first-order valence-electron chi connectivity index (χ1n) is 3.41. The van der Waals surface area contributed by atoms with Crippen LogP contribution in [0, 0.1) is 5.82 Å². The molecular weight excluding hydrogens is 195 g/mol. The second kappa shape index (κ2) is 4.67. The van der Waals surface area contributed by atoms with Crippen molar-refractivity contribution in [3.8, 4) is 0 Å². The largest absolute Gasteiger partial charge is 0.399 e. The molecule has 0 aliphatic rings. The van der Waals surface area contributed by atoms with Crippen molar-refractivity contribution < 1.29 is 9.18 Å². The van der Waals surface area contributed by atoms with E-state index in [-0.39, 0.29) is 29.6 Å². The van der Waals surface area contributed by atoms with Crippen LogP contribution in [0.3, 0.4) is 0 Å². The first kappa shape index (κ1) is 11.7. The average molecular weight is 205 g/mol. The third-order valence-electron chi connectivity index (χ3n) is 1.41. The second-order valence-electron chi connectivity index (χ2n) is 2.35. The standard InChI is InChI=1S/C8H9FN2O.ClH/c1-11-8(12)5-2-6(9)4-7(10)3-5;/h2-4H,10H2,1H3,(H,11,12);1H. The second-order valence-corrected chi connectivity index (χ2v) is 2.35. The Bertz CT molecular complexity index is 297. The van der Waals surface area contributed by atoms with Crippen LogP contribution in [0.4, 0.5) is 10.1 Å². The molecule has 0 heterocycles. The summed E-state index contributed by atoms with van der Waals surface area (Å²) < 4.78 is 12.7. The van der Waals surface area contributed by atoms with E-state index in [1.807, 2.05) is 0 Å². The molecule has 1 aromatic carbocycles. The molecule has 0 aromatic heterocycles. The first-order chi connectivity index (χ1) is 5.63. The minimum absolute atomic E-state index is 0. The van der Waals surface area contributed by atoms with Crippen LogP contribution in [0.5, 0.6) is 0 Å². The maximum absolute atomic E-state index is 12.7. The molecule has 0 radical (unpaired) electrons. The van der Waals surface area contributed by atoms with Gasteiger partial charge in [-0.25, -0.2) is 4.39 Å². The number of hydrogen-bond acceptors (Lipinski definition) is 2. The van der Waals surface area contributed by atoms with Crippen LogP contribution in [-0.2, 0) is 0 Å². The van der Waals surface area contributed by atoms with Gasteiger partial charge in [0.2, 0.25) is 0 Å². The maximum Gasteiger partial charge on any atom is 0.251 e. The minimum Gasteiger partial charge on any atom is -0.399 e. The fourth-order valence-corrected chi connectivity index (χ4v) is 0.888. The lowest BCUT2D eigenvalue weighted by molar-refractivity contribution is 0.0962. The van der Waals surface area contributed by atoms with Gasteiger partial charge in [-0.1, -0.05) is 0 Å². The lowest BCUT2D eigenvalue weighted by Gasteiger charge is -2.00. The number of carbonyl (C=O) groups excluding carboxylic acids is 1. The Labute approximate surface area is 81.5 Å². The number of carbonyl (C=O) groups is 1. The highest BCUT2D eigenvalue weighted by Crippen LogP contribution is 2.10. The summed E-state index contributed by atoms with van der Waals surface area (Å²) in [5.41, 5.74) is 5.81. The molecule has 13 heavy (non-hydrogen) atoms. The van der Waals surface area contributed by atoms with Crippen LogP contribution in [0.25, 0.3) is 0 Å². The molecule has 5 heteroatoms. The van der Waals surface area contributed by atoms with Crippen molar-refractivity contribution in [2.24, 2.45) is 0 Å². The highest BCUT2D eigenvalue weighted by molar-refractivity contribution is 5.94. The molecule has 1 amide bonds. The van der Waals surface area contributed by atoms with Crippen molar-refractivity contribution in [3.05, 3.63) is 29.6 Å². The molecule has 0 atom stereocenters. The number of amides is 1. The zero-order chi connectivity index (χ0) is 9.14. The quantitative estimate of drug-likeness (QED) is 0.676. The molecule has 72 valence electrons. The molecule has 3 nitrogen and oxygen atoms in total. The Hall–Kier alpha value is -1.29. The van der Waals surface area contributed by atoms with E-state index < -0.39 is 5.82 Å². The number of nitrogens with two attached hydrogens (primary N) is 1. The molecule has 0 fully saturated rings. The molecule has 0 bridgehead atoms. The van der Waals surface area contributed by atoms with Gasteiger partial charge in [0.05, 0.1) is 0 Å². The van der Waals surface area contributed by atoms with Crippen LogP contribution in [-0.4, -0.2) is 13.0 Å². The summed E-state index contributed by atoms with van der Waals surface area (Å²) in [5, 5.41) is 2.37. The predicted molar refractivity (Wildman–Crippen MR) is 51.5 cm³/mol. The number of rotatable bonds is 1. The fourth-order valence-electron chi connectivity index (χ4n) is 0.888. The zero-order valence-corrected chi connectivity index (χ0v) is 7.82. The van der Waals surface area contributed by atoms with Crippen molar-refractivity contribution in [2.45, 2.75) is 0 Å². The van der Waals surface area contributed by atoms with E-state index in [0.29, 0.717) is 0 Å². The van der Waals surface area contributed by atoms with Crippen molar-refractivity contribution >= 4 is 24.0 Å². The topological polar surface area (TPSA) is 55.1 Å². The van der Waals surface area contributed by atoms with E-state index in [2.05, 4.69) is 5.32 Å². The van der Waals surface area contributed by atoms with Gasteiger partial charge in [0.25, 0.3) is 5.91 Å². The zero-order valence-electron chi connectivity index (χ0n) is 7.00. The van der Waals surface area contributed by atoms with Gasteiger partial charge in [-0.3, -0.25) is 4.79 Å². The Morgan fingerprint density at radius 1 is 1.46 bits per heavy atom. The molecule has 1 aromatic rings. The van der Waals surface area contributed by atoms with Gasteiger partial charge in [-0.15, -0.1) is 12.4 Å². The predicted octanol–water partition coefficient (Wildman–Crippen LogP) is 1.19. The summed E-state index contributed by atoms with van der Waals surface area (Å²) >= 11 is 0. The molecule has 0 unspecified atom stereocenters. The normalized spacial score (nSPS) is 8.77. The summed E-state index contributed by atoms with van der Waals surface area (Å²) in [4.78, 5) is 11.0. The third kappa shape index (κ3) is 2.91. The van der Waals surface area contributed by atoms with E-state index >= 15 is 0 Å². The summed E-state index contributed by atoms with van der Waals surface area (Å²) in [6.07, 6.45) is 0. The number of anilines is 1. The lowest BCUT2D eigenvalue weighted by atomic mass is 10.2. The van der Waals surface area contributed by atoms with Gasteiger partial charge in [-0.2, -0.15) is 0 Å². The van der Waals surface area contributed by atoms with Gasteiger partial charge < -0.3 is 11.1 Å². The van der Waals surface area contributed by atoms with Gasteiger partial charge in [0.1, 0.15) is 5.82 Å². The van der Waals surface area contributed by atoms with E-state index in [0.717, 1.165) is 12.1 Å². The summed E-state index contributed by atoms with van der Waals surface area (Å²) in [6, 6.07) is 3.71. The average Bonchev–Trinajstić information content (AvgIpc) is 2.01. The van der Waals surface area contributed by atoms with Crippen molar-refractivity contribution in [1.29, 1.82) is 0 Å². The van der Waals surface area contributed by atoms with Crippen LogP contribution >= 0.6 is 12.4 Å². The molecule has 0 aliphatic carbocycles. The fraction of sp³-hybridized carbons (Fsp3) is 0.125. The van der Waals surface area contributed by atoms with Crippen molar-refractivity contribution in [3.63, 3.8) is 0 Å². The molecule has 0 aliphatic heterocycles. The Kier molecular flexibility index (Phi) is 4.20. The maximum atomic E-state index is 12.7. The van der Waals surface area contributed by atoms with Gasteiger partial charge >= 0.3 is 0 Å². The van der Waals surface area contributed by atoms with Gasteiger partial charge in [0, 0.05) is 18.3 Å². The highest BCUT2D eigenvalue weighted by Gasteiger charge is 2.04. The van der Waals surface area contributed by atoms with Crippen LogP contribution < -0.4 is 11.1 Å². The number of nitrogens with one attached hydrogen (secondary N) is 1.